The number of hydrogen-bond donors (Lipinski definition) is 1. The molecule has 0 aliphatic rings. The van der Waals surface area contributed by atoms with E-state index >= 15 is 0 Å². The van der Waals surface area contributed by atoms with Crippen molar-refractivity contribution in [2.24, 2.45) is 0 Å². The fourth-order valence-electron chi connectivity index (χ4n) is 2.15. The lowest BCUT2D eigenvalue weighted by molar-refractivity contribution is 0.569. The molecule has 1 aromatic carbocycles. The largest absolute Gasteiger partial charge is 0.350 e. The van der Waals surface area contributed by atoms with Crippen LogP contribution in [0.5, 0.6) is 0 Å². The van der Waals surface area contributed by atoms with E-state index in [4.69, 9.17) is 11.6 Å². The second kappa shape index (κ2) is 6.91. The van der Waals surface area contributed by atoms with E-state index in [0.717, 1.165) is 18.5 Å². The third-order valence-electron chi connectivity index (χ3n) is 3.33. The first-order valence-corrected chi connectivity index (χ1v) is 7.31. The molecule has 0 aliphatic carbocycles. The molecule has 0 saturated carbocycles. The molecule has 1 aromatic heterocycles. The van der Waals surface area contributed by atoms with Crippen LogP contribution in [0, 0.1) is 5.82 Å². The van der Waals surface area contributed by atoms with Gasteiger partial charge in [-0.25, -0.2) is 4.39 Å². The molecule has 1 heterocycles. The van der Waals surface area contributed by atoms with Gasteiger partial charge in [0.05, 0.1) is 0 Å². The van der Waals surface area contributed by atoms with Crippen LogP contribution in [0.25, 0.3) is 0 Å². The molecule has 1 N–H and O–H groups in total. The molecule has 0 radical (unpaired) electrons. The summed E-state index contributed by atoms with van der Waals surface area (Å²) in [5.74, 6) is -0.255. The van der Waals surface area contributed by atoms with Gasteiger partial charge in [-0.15, -0.1) is 0 Å². The lowest BCUT2D eigenvalue weighted by Gasteiger charge is -2.11. The van der Waals surface area contributed by atoms with Crippen LogP contribution in [0.3, 0.4) is 0 Å². The minimum absolute atomic E-state index is 0.255. The predicted octanol–water partition coefficient (Wildman–Crippen LogP) is 4.39. The van der Waals surface area contributed by atoms with Crippen molar-refractivity contribution >= 4 is 11.6 Å². The Labute approximate surface area is 124 Å². The highest BCUT2D eigenvalue weighted by Crippen LogP contribution is 2.20. The van der Waals surface area contributed by atoms with E-state index < -0.39 is 0 Å². The molecule has 0 aliphatic heterocycles. The van der Waals surface area contributed by atoms with Crippen LogP contribution >= 0.6 is 11.6 Å². The minimum Gasteiger partial charge on any atom is -0.350 e. The van der Waals surface area contributed by atoms with Crippen LogP contribution in [0.15, 0.2) is 36.7 Å². The summed E-state index contributed by atoms with van der Waals surface area (Å²) in [7, 11) is 0. The first-order valence-electron chi connectivity index (χ1n) is 6.93. The van der Waals surface area contributed by atoms with Gasteiger partial charge >= 0.3 is 0 Å². The standard InChI is InChI=1S/C16H20ClFN2/c1-3-7-19-12(2)13-6-8-20(10-13)11-14-9-15(18)4-5-16(14)17/h4-6,8-10,12,19H,3,7,11H2,1-2H3. The van der Waals surface area contributed by atoms with E-state index in [1.165, 1.54) is 17.7 Å². The van der Waals surface area contributed by atoms with E-state index in [1.807, 2.05) is 10.8 Å². The number of aromatic nitrogens is 1. The topological polar surface area (TPSA) is 17.0 Å². The molecule has 0 saturated heterocycles. The summed E-state index contributed by atoms with van der Waals surface area (Å²) in [6, 6.07) is 6.87. The maximum Gasteiger partial charge on any atom is 0.123 e. The van der Waals surface area contributed by atoms with E-state index in [0.29, 0.717) is 17.6 Å². The van der Waals surface area contributed by atoms with Crippen molar-refractivity contribution in [3.05, 3.63) is 58.6 Å². The SMILES string of the molecule is CCCNC(C)c1ccn(Cc2cc(F)ccc2Cl)c1. The number of nitrogens with zero attached hydrogens (tertiary/aromatic N) is 1. The molecule has 1 atom stereocenters. The Morgan fingerprint density at radius 1 is 1.35 bits per heavy atom. The summed E-state index contributed by atoms with van der Waals surface area (Å²) < 4.78 is 15.3. The van der Waals surface area contributed by atoms with Crippen molar-refractivity contribution in [3.8, 4) is 0 Å². The molecule has 2 aromatic rings. The van der Waals surface area contributed by atoms with Crippen molar-refractivity contribution in [1.82, 2.24) is 9.88 Å². The van der Waals surface area contributed by atoms with Gasteiger partial charge in [-0.05, 0) is 55.3 Å². The average molecular weight is 295 g/mol. The van der Waals surface area contributed by atoms with Crippen LogP contribution in [-0.2, 0) is 6.54 Å². The summed E-state index contributed by atoms with van der Waals surface area (Å²) in [6.45, 7) is 5.88. The Bertz CT molecular complexity index is 565. The Morgan fingerprint density at radius 3 is 2.90 bits per heavy atom. The van der Waals surface area contributed by atoms with Gasteiger partial charge < -0.3 is 9.88 Å². The highest BCUT2D eigenvalue weighted by molar-refractivity contribution is 6.31. The maximum absolute atomic E-state index is 13.2. The first-order chi connectivity index (χ1) is 9.60. The van der Waals surface area contributed by atoms with Gasteiger partial charge in [-0.3, -0.25) is 0 Å². The van der Waals surface area contributed by atoms with Gasteiger partial charge in [0.15, 0.2) is 0 Å². The quantitative estimate of drug-likeness (QED) is 0.836. The normalized spacial score (nSPS) is 12.6. The minimum atomic E-state index is -0.255. The number of hydrogen-bond acceptors (Lipinski definition) is 1. The summed E-state index contributed by atoms with van der Waals surface area (Å²) in [5.41, 5.74) is 2.02. The Morgan fingerprint density at radius 2 is 2.15 bits per heavy atom. The molecular formula is C16H20ClFN2. The van der Waals surface area contributed by atoms with Crippen LogP contribution in [0.2, 0.25) is 5.02 Å². The Hall–Kier alpha value is -1.32. The molecule has 108 valence electrons. The third-order valence-corrected chi connectivity index (χ3v) is 3.70. The molecule has 0 spiro atoms. The van der Waals surface area contributed by atoms with Gasteiger partial charge in [0.25, 0.3) is 0 Å². The maximum atomic E-state index is 13.2. The van der Waals surface area contributed by atoms with Crippen molar-refractivity contribution in [2.45, 2.75) is 32.9 Å². The van der Waals surface area contributed by atoms with Crippen LogP contribution in [-0.4, -0.2) is 11.1 Å². The van der Waals surface area contributed by atoms with Gasteiger partial charge in [0, 0.05) is 30.0 Å². The van der Waals surface area contributed by atoms with Gasteiger partial charge in [-0.1, -0.05) is 18.5 Å². The van der Waals surface area contributed by atoms with Crippen molar-refractivity contribution in [2.75, 3.05) is 6.54 Å². The first kappa shape index (κ1) is 15.1. The Balaban J connectivity index is 2.07. The zero-order valence-electron chi connectivity index (χ0n) is 11.9. The zero-order chi connectivity index (χ0) is 14.5. The van der Waals surface area contributed by atoms with Crippen LogP contribution < -0.4 is 5.32 Å². The lowest BCUT2D eigenvalue weighted by atomic mass is 10.2. The summed E-state index contributed by atoms with van der Waals surface area (Å²) >= 11 is 6.09. The fourth-order valence-corrected chi connectivity index (χ4v) is 2.33. The second-order valence-corrected chi connectivity index (χ2v) is 5.44. The van der Waals surface area contributed by atoms with Crippen molar-refractivity contribution < 1.29 is 4.39 Å². The average Bonchev–Trinajstić information content (AvgIpc) is 2.89. The summed E-state index contributed by atoms with van der Waals surface area (Å²) in [6.07, 6.45) is 5.19. The van der Waals surface area contributed by atoms with Crippen LogP contribution in [0.1, 0.15) is 37.4 Å². The summed E-state index contributed by atoms with van der Waals surface area (Å²) in [4.78, 5) is 0. The molecule has 1 unspecified atom stereocenters. The fraction of sp³-hybridized carbons (Fsp3) is 0.375. The van der Waals surface area contributed by atoms with Crippen molar-refractivity contribution in [1.29, 1.82) is 0 Å². The zero-order valence-corrected chi connectivity index (χ0v) is 12.6. The van der Waals surface area contributed by atoms with E-state index in [1.54, 1.807) is 6.07 Å². The predicted molar refractivity (Wildman–Crippen MR) is 81.7 cm³/mol. The molecule has 2 rings (SSSR count). The van der Waals surface area contributed by atoms with Gasteiger partial charge in [0.1, 0.15) is 5.82 Å². The smallest absolute Gasteiger partial charge is 0.123 e. The van der Waals surface area contributed by atoms with Gasteiger partial charge in [-0.2, -0.15) is 0 Å². The molecule has 0 amide bonds. The summed E-state index contributed by atoms with van der Waals surface area (Å²) in [5, 5.41) is 4.04. The second-order valence-electron chi connectivity index (χ2n) is 5.03. The van der Waals surface area contributed by atoms with E-state index in [9.17, 15) is 4.39 Å². The van der Waals surface area contributed by atoms with Crippen LogP contribution in [0.4, 0.5) is 4.39 Å². The van der Waals surface area contributed by atoms with Crippen molar-refractivity contribution in [3.63, 3.8) is 0 Å². The number of rotatable bonds is 6. The highest BCUT2D eigenvalue weighted by Gasteiger charge is 2.07. The molecular weight excluding hydrogens is 275 g/mol. The molecule has 4 heteroatoms. The third kappa shape index (κ3) is 3.84. The van der Waals surface area contributed by atoms with Gasteiger partial charge in [0.2, 0.25) is 0 Å². The Kier molecular flexibility index (Phi) is 5.21. The molecule has 2 nitrogen and oxygen atoms in total. The highest BCUT2D eigenvalue weighted by atomic mass is 35.5. The number of nitrogens with one attached hydrogen (secondary N) is 1. The molecule has 0 fully saturated rings. The molecule has 20 heavy (non-hydrogen) atoms. The number of benzene rings is 1. The monoisotopic (exact) mass is 294 g/mol. The van der Waals surface area contributed by atoms with E-state index in [-0.39, 0.29) is 5.82 Å². The molecule has 0 bridgehead atoms. The lowest BCUT2D eigenvalue weighted by Crippen LogP contribution is -2.18. The van der Waals surface area contributed by atoms with E-state index in [2.05, 4.69) is 31.4 Å². The number of halogens is 2.